The Morgan fingerprint density at radius 3 is 1.86 bits per heavy atom. The summed E-state index contributed by atoms with van der Waals surface area (Å²) in [4.78, 5) is 26.2. The molecule has 2 unspecified atom stereocenters. The fraction of sp³-hybridized carbons (Fsp3) is 0.448. The lowest BCUT2D eigenvalue weighted by atomic mass is 9.73. The van der Waals surface area contributed by atoms with Crippen molar-refractivity contribution in [3.63, 3.8) is 0 Å². The van der Waals surface area contributed by atoms with Crippen LogP contribution in [-0.4, -0.2) is 38.1 Å². The quantitative estimate of drug-likeness (QED) is 0.539. The van der Waals surface area contributed by atoms with Gasteiger partial charge in [-0.3, -0.25) is 9.59 Å². The number of nitrogens with one attached hydrogen (secondary N) is 1. The van der Waals surface area contributed by atoms with Gasteiger partial charge >= 0.3 is 0 Å². The van der Waals surface area contributed by atoms with Gasteiger partial charge in [0.15, 0.2) is 28.8 Å². The highest BCUT2D eigenvalue weighted by Gasteiger charge is 2.38. The third-order valence-electron chi connectivity index (χ3n) is 6.51. The van der Waals surface area contributed by atoms with Gasteiger partial charge in [-0.05, 0) is 75.4 Å². The van der Waals surface area contributed by atoms with E-state index in [9.17, 15) is 9.59 Å². The molecular weight excluding hydrogens is 458 g/mol. The molecule has 0 saturated carbocycles. The first kappa shape index (κ1) is 25.6. The van der Waals surface area contributed by atoms with Gasteiger partial charge in [-0.15, -0.1) is 0 Å². The van der Waals surface area contributed by atoms with Gasteiger partial charge in [0.1, 0.15) is 0 Å². The van der Waals surface area contributed by atoms with E-state index in [-0.39, 0.29) is 42.2 Å². The molecule has 7 heteroatoms. The summed E-state index contributed by atoms with van der Waals surface area (Å²) in [5, 5.41) is 2.99. The second-order valence-corrected chi connectivity index (χ2v) is 9.88. The Kier molecular flexibility index (Phi) is 7.57. The largest absolute Gasteiger partial charge is 0.493 e. The standard InChI is InChI=1S/C29H35NO6/c1-16(2)35-24-9-7-18(13-26(24)33-5)20-11-22-29(23(31)12-20)21(15-28(32)30-22)19-8-10-25(36-17(3)4)27(14-19)34-6/h7-10,13-14,16-17,20-21H,11-12,15H2,1-6H3,(H,30,32). The number of hydrogen-bond donors (Lipinski definition) is 1. The second kappa shape index (κ2) is 10.6. The minimum atomic E-state index is -0.319. The van der Waals surface area contributed by atoms with Crippen LogP contribution in [0.5, 0.6) is 23.0 Å². The lowest BCUT2D eigenvalue weighted by Crippen LogP contribution is -2.38. The van der Waals surface area contributed by atoms with Crippen LogP contribution in [0.2, 0.25) is 0 Å². The van der Waals surface area contributed by atoms with Crippen LogP contribution >= 0.6 is 0 Å². The maximum Gasteiger partial charge on any atom is 0.225 e. The monoisotopic (exact) mass is 493 g/mol. The summed E-state index contributed by atoms with van der Waals surface area (Å²) in [6, 6.07) is 11.4. The van der Waals surface area contributed by atoms with Gasteiger partial charge in [0.2, 0.25) is 5.91 Å². The van der Waals surface area contributed by atoms with Crippen LogP contribution in [0.25, 0.3) is 0 Å². The first-order chi connectivity index (χ1) is 17.2. The molecule has 1 aliphatic carbocycles. The van der Waals surface area contributed by atoms with E-state index in [1.165, 1.54) is 0 Å². The van der Waals surface area contributed by atoms with E-state index in [4.69, 9.17) is 18.9 Å². The molecule has 1 N–H and O–H groups in total. The molecule has 192 valence electrons. The van der Waals surface area contributed by atoms with Crippen molar-refractivity contribution in [3.05, 3.63) is 58.8 Å². The molecule has 36 heavy (non-hydrogen) atoms. The maximum absolute atomic E-state index is 13.5. The smallest absolute Gasteiger partial charge is 0.225 e. The van der Waals surface area contributed by atoms with Crippen molar-refractivity contribution >= 4 is 11.7 Å². The number of ketones is 1. The Morgan fingerprint density at radius 2 is 1.31 bits per heavy atom. The maximum atomic E-state index is 13.5. The number of hydrogen-bond acceptors (Lipinski definition) is 6. The van der Waals surface area contributed by atoms with Crippen LogP contribution in [0.15, 0.2) is 47.7 Å². The predicted octanol–water partition coefficient (Wildman–Crippen LogP) is 5.28. The third kappa shape index (κ3) is 5.35. The first-order valence-corrected chi connectivity index (χ1v) is 12.4. The highest BCUT2D eigenvalue weighted by atomic mass is 16.5. The lowest BCUT2D eigenvalue weighted by Gasteiger charge is -2.34. The molecule has 1 aliphatic heterocycles. The van der Waals surface area contributed by atoms with Gasteiger partial charge in [-0.1, -0.05) is 12.1 Å². The van der Waals surface area contributed by atoms with Crippen molar-refractivity contribution in [3.8, 4) is 23.0 Å². The summed E-state index contributed by atoms with van der Waals surface area (Å²) >= 11 is 0. The number of carbonyl (C=O) groups is 2. The van der Waals surface area contributed by atoms with Crippen molar-refractivity contribution < 1.29 is 28.5 Å². The molecule has 0 spiro atoms. The number of carbonyl (C=O) groups excluding carboxylic acids is 2. The molecule has 2 aromatic rings. The molecule has 0 radical (unpaired) electrons. The van der Waals surface area contributed by atoms with Crippen LogP contribution in [-0.2, 0) is 9.59 Å². The Labute approximate surface area is 212 Å². The van der Waals surface area contributed by atoms with E-state index < -0.39 is 0 Å². The van der Waals surface area contributed by atoms with Gasteiger partial charge in [-0.25, -0.2) is 0 Å². The van der Waals surface area contributed by atoms with Gasteiger partial charge in [-0.2, -0.15) is 0 Å². The number of rotatable bonds is 8. The van der Waals surface area contributed by atoms with Gasteiger partial charge in [0, 0.05) is 30.0 Å². The molecule has 0 bridgehead atoms. The third-order valence-corrected chi connectivity index (χ3v) is 6.51. The average Bonchev–Trinajstić information content (AvgIpc) is 2.83. The molecule has 1 heterocycles. The molecule has 2 atom stereocenters. The number of allylic oxidation sites excluding steroid dienone is 2. The average molecular weight is 494 g/mol. The van der Waals surface area contributed by atoms with E-state index in [1.807, 2.05) is 64.1 Å². The van der Waals surface area contributed by atoms with Crippen LogP contribution in [0.4, 0.5) is 0 Å². The minimum Gasteiger partial charge on any atom is -0.493 e. The number of amides is 1. The fourth-order valence-corrected chi connectivity index (χ4v) is 5.02. The Bertz CT molecular complexity index is 1180. The number of methoxy groups -OCH3 is 2. The Morgan fingerprint density at radius 1 is 0.750 bits per heavy atom. The van der Waals surface area contributed by atoms with Crippen LogP contribution in [0, 0.1) is 0 Å². The van der Waals surface area contributed by atoms with Gasteiger partial charge < -0.3 is 24.3 Å². The summed E-state index contributed by atoms with van der Waals surface area (Å²) in [6.45, 7) is 7.83. The van der Waals surface area contributed by atoms with Gasteiger partial charge in [0.25, 0.3) is 0 Å². The molecule has 2 aliphatic rings. The van der Waals surface area contributed by atoms with Crippen LogP contribution < -0.4 is 24.3 Å². The van der Waals surface area contributed by atoms with Crippen molar-refractivity contribution in [1.82, 2.24) is 5.32 Å². The highest BCUT2D eigenvalue weighted by Crippen LogP contribution is 2.45. The van der Waals surface area contributed by atoms with Crippen molar-refractivity contribution in [2.45, 2.75) is 71.0 Å². The molecule has 4 rings (SSSR count). The fourth-order valence-electron chi connectivity index (χ4n) is 5.02. The molecule has 7 nitrogen and oxygen atoms in total. The van der Waals surface area contributed by atoms with Crippen molar-refractivity contribution in [2.75, 3.05) is 14.2 Å². The van der Waals surface area contributed by atoms with E-state index in [0.717, 1.165) is 11.1 Å². The SMILES string of the molecule is COc1cc(C2CC(=O)C3=C(C2)NC(=O)CC3c2ccc(OC(C)C)c(OC)c2)ccc1OC(C)C. The minimum absolute atomic E-state index is 0.000927. The van der Waals surface area contributed by atoms with E-state index in [0.29, 0.717) is 47.1 Å². The number of benzene rings is 2. The molecular formula is C29H35NO6. The summed E-state index contributed by atoms with van der Waals surface area (Å²) in [7, 11) is 3.20. The zero-order valence-corrected chi connectivity index (χ0v) is 21.8. The van der Waals surface area contributed by atoms with Gasteiger partial charge in [0.05, 0.1) is 26.4 Å². The molecule has 1 amide bonds. The van der Waals surface area contributed by atoms with Crippen LogP contribution in [0.3, 0.4) is 0 Å². The topological polar surface area (TPSA) is 83.1 Å². The molecule has 2 aromatic carbocycles. The molecule has 0 fully saturated rings. The number of ether oxygens (including phenoxy) is 4. The zero-order valence-electron chi connectivity index (χ0n) is 21.8. The summed E-state index contributed by atoms with van der Waals surface area (Å²) in [6.07, 6.45) is 1.18. The molecule has 0 aromatic heterocycles. The van der Waals surface area contributed by atoms with Crippen molar-refractivity contribution in [1.29, 1.82) is 0 Å². The lowest BCUT2D eigenvalue weighted by molar-refractivity contribution is -0.122. The summed E-state index contributed by atoms with van der Waals surface area (Å²) < 4.78 is 22.8. The second-order valence-electron chi connectivity index (χ2n) is 9.88. The molecule has 0 saturated heterocycles. The van der Waals surface area contributed by atoms with E-state index in [1.54, 1.807) is 14.2 Å². The zero-order chi connectivity index (χ0) is 26.0. The predicted molar refractivity (Wildman–Crippen MR) is 137 cm³/mol. The van der Waals surface area contributed by atoms with E-state index >= 15 is 0 Å². The van der Waals surface area contributed by atoms with Crippen molar-refractivity contribution in [2.24, 2.45) is 0 Å². The normalized spacial score (nSPS) is 19.8. The Hall–Kier alpha value is -3.48. The highest BCUT2D eigenvalue weighted by molar-refractivity contribution is 6.02. The van der Waals surface area contributed by atoms with E-state index in [2.05, 4.69) is 5.32 Å². The first-order valence-electron chi connectivity index (χ1n) is 12.4. The summed E-state index contributed by atoms with van der Waals surface area (Å²) in [5.74, 6) is 2.11. The van der Waals surface area contributed by atoms with Crippen LogP contribution in [0.1, 0.15) is 69.9 Å². The number of Topliss-reactive ketones (excluding diaryl/α,β-unsaturated/α-hetero) is 1. The Balaban J connectivity index is 1.65. The summed E-state index contributed by atoms with van der Waals surface area (Å²) in [5.41, 5.74) is 3.25.